The van der Waals surface area contributed by atoms with E-state index in [-0.39, 0.29) is 24.0 Å². The van der Waals surface area contributed by atoms with Crippen LogP contribution in [0.2, 0.25) is 0 Å². The number of ether oxygens (including phenoxy) is 2. The maximum absolute atomic E-state index is 12.4. The molecule has 2 aliphatic heterocycles. The Morgan fingerprint density at radius 2 is 2.43 bits per heavy atom. The number of carbonyl (C=O) groups excluding carboxylic acids is 1. The van der Waals surface area contributed by atoms with Crippen molar-refractivity contribution in [3.8, 4) is 0 Å². The Balaban J connectivity index is 1.62. The number of likely N-dealkylation sites (tertiary alicyclic amines) is 1. The molecule has 2 fully saturated rings. The van der Waals surface area contributed by atoms with E-state index in [0.29, 0.717) is 24.9 Å². The predicted octanol–water partition coefficient (Wildman–Crippen LogP) is 0.717. The summed E-state index contributed by atoms with van der Waals surface area (Å²) in [7, 11) is 1.71. The Morgan fingerprint density at radius 1 is 1.57 bits per heavy atom. The first-order valence-electron chi connectivity index (χ1n) is 7.34. The van der Waals surface area contributed by atoms with Gasteiger partial charge < -0.3 is 18.9 Å². The summed E-state index contributed by atoms with van der Waals surface area (Å²) < 4.78 is 16.3. The average molecular weight is 295 g/mol. The molecule has 7 nitrogen and oxygen atoms in total. The normalized spacial score (nSPS) is 29.2. The van der Waals surface area contributed by atoms with Gasteiger partial charge in [-0.1, -0.05) is 5.16 Å². The highest BCUT2D eigenvalue weighted by atomic mass is 16.6. The fraction of sp³-hybridized carbons (Fsp3) is 0.786. The molecule has 1 aromatic rings. The van der Waals surface area contributed by atoms with E-state index in [1.807, 2.05) is 4.90 Å². The van der Waals surface area contributed by atoms with Crippen LogP contribution in [-0.4, -0.2) is 59.5 Å². The van der Waals surface area contributed by atoms with E-state index >= 15 is 0 Å². The lowest BCUT2D eigenvalue weighted by atomic mass is 9.89. The second-order valence-corrected chi connectivity index (χ2v) is 5.89. The second kappa shape index (κ2) is 5.73. The summed E-state index contributed by atoms with van der Waals surface area (Å²) in [5.74, 6) is 0.941. The lowest BCUT2D eigenvalue weighted by Crippen LogP contribution is -2.50. The molecule has 2 aliphatic rings. The SMILES string of the molecule is CO[C@@H]1CO[C@]2(CCCN(C(=O)Cc3nc(C)no3)C2)C1. The van der Waals surface area contributed by atoms with Gasteiger partial charge in [0.1, 0.15) is 6.42 Å². The summed E-state index contributed by atoms with van der Waals surface area (Å²) in [4.78, 5) is 18.3. The molecule has 3 rings (SSSR count). The predicted molar refractivity (Wildman–Crippen MR) is 72.7 cm³/mol. The van der Waals surface area contributed by atoms with E-state index in [1.165, 1.54) is 0 Å². The van der Waals surface area contributed by atoms with Crippen LogP contribution in [0.15, 0.2) is 4.52 Å². The lowest BCUT2D eigenvalue weighted by Gasteiger charge is -2.39. The minimum atomic E-state index is -0.237. The van der Waals surface area contributed by atoms with Crippen LogP contribution < -0.4 is 0 Å². The molecule has 7 heteroatoms. The van der Waals surface area contributed by atoms with Gasteiger partial charge in [0, 0.05) is 26.6 Å². The fourth-order valence-electron chi connectivity index (χ4n) is 3.20. The van der Waals surface area contributed by atoms with Gasteiger partial charge in [0.15, 0.2) is 5.82 Å². The van der Waals surface area contributed by atoms with Crippen molar-refractivity contribution in [1.82, 2.24) is 15.0 Å². The van der Waals surface area contributed by atoms with Crippen molar-refractivity contribution >= 4 is 5.91 Å². The quantitative estimate of drug-likeness (QED) is 0.817. The fourth-order valence-corrected chi connectivity index (χ4v) is 3.20. The van der Waals surface area contributed by atoms with Crippen molar-refractivity contribution in [3.63, 3.8) is 0 Å². The minimum Gasteiger partial charge on any atom is -0.379 e. The number of nitrogens with zero attached hydrogens (tertiary/aromatic N) is 3. The van der Waals surface area contributed by atoms with Gasteiger partial charge in [0.25, 0.3) is 0 Å². The first-order chi connectivity index (χ1) is 10.1. The zero-order valence-corrected chi connectivity index (χ0v) is 12.5. The van der Waals surface area contributed by atoms with Crippen molar-refractivity contribution in [3.05, 3.63) is 11.7 Å². The van der Waals surface area contributed by atoms with Crippen molar-refractivity contribution in [1.29, 1.82) is 0 Å². The molecule has 0 unspecified atom stereocenters. The summed E-state index contributed by atoms with van der Waals surface area (Å²) in [5, 5.41) is 3.71. The van der Waals surface area contributed by atoms with Crippen molar-refractivity contribution in [2.45, 2.75) is 44.3 Å². The first-order valence-corrected chi connectivity index (χ1v) is 7.34. The van der Waals surface area contributed by atoms with Gasteiger partial charge in [-0.25, -0.2) is 0 Å². The molecule has 2 saturated heterocycles. The molecule has 0 N–H and O–H groups in total. The third-order valence-corrected chi connectivity index (χ3v) is 4.27. The molecule has 0 aromatic carbocycles. The number of methoxy groups -OCH3 is 1. The molecule has 116 valence electrons. The van der Waals surface area contributed by atoms with E-state index in [4.69, 9.17) is 14.0 Å². The largest absolute Gasteiger partial charge is 0.379 e. The molecule has 0 bridgehead atoms. The molecule has 21 heavy (non-hydrogen) atoms. The molecule has 1 amide bonds. The van der Waals surface area contributed by atoms with E-state index < -0.39 is 0 Å². The molecule has 0 saturated carbocycles. The Kier molecular flexibility index (Phi) is 3.95. The van der Waals surface area contributed by atoms with E-state index in [1.54, 1.807) is 14.0 Å². The van der Waals surface area contributed by atoms with Crippen LogP contribution in [0.4, 0.5) is 0 Å². The van der Waals surface area contributed by atoms with Gasteiger partial charge in [-0.05, 0) is 19.8 Å². The van der Waals surface area contributed by atoms with E-state index in [9.17, 15) is 4.79 Å². The summed E-state index contributed by atoms with van der Waals surface area (Å²) >= 11 is 0. The number of aryl methyl sites for hydroxylation is 1. The van der Waals surface area contributed by atoms with Gasteiger partial charge in [0.05, 0.1) is 18.3 Å². The van der Waals surface area contributed by atoms with Crippen LogP contribution >= 0.6 is 0 Å². The number of carbonyl (C=O) groups is 1. The van der Waals surface area contributed by atoms with Crippen LogP contribution in [0.3, 0.4) is 0 Å². The van der Waals surface area contributed by atoms with Gasteiger partial charge in [-0.3, -0.25) is 4.79 Å². The number of hydrogen-bond acceptors (Lipinski definition) is 6. The molecule has 2 atom stereocenters. The van der Waals surface area contributed by atoms with Crippen LogP contribution in [0, 0.1) is 6.92 Å². The molecule has 1 aromatic heterocycles. The van der Waals surface area contributed by atoms with Crippen molar-refractivity contribution in [2.24, 2.45) is 0 Å². The van der Waals surface area contributed by atoms with Crippen molar-refractivity contribution in [2.75, 3.05) is 26.8 Å². The molecular weight excluding hydrogens is 274 g/mol. The molecule has 1 spiro atoms. The minimum absolute atomic E-state index is 0.0159. The van der Waals surface area contributed by atoms with Crippen LogP contribution in [0.1, 0.15) is 31.0 Å². The van der Waals surface area contributed by atoms with Crippen LogP contribution in [0.25, 0.3) is 0 Å². The molecule has 0 aliphatic carbocycles. The average Bonchev–Trinajstić information content (AvgIpc) is 3.06. The van der Waals surface area contributed by atoms with Gasteiger partial charge in [0.2, 0.25) is 11.8 Å². The van der Waals surface area contributed by atoms with Gasteiger partial charge in [-0.15, -0.1) is 0 Å². The highest BCUT2D eigenvalue weighted by molar-refractivity contribution is 5.78. The topological polar surface area (TPSA) is 77.7 Å². The third kappa shape index (κ3) is 3.08. The maximum atomic E-state index is 12.4. The number of aromatic nitrogens is 2. The Morgan fingerprint density at radius 3 is 3.10 bits per heavy atom. The first kappa shape index (κ1) is 14.5. The summed E-state index contributed by atoms with van der Waals surface area (Å²) in [6.45, 7) is 3.74. The number of piperidine rings is 1. The van der Waals surface area contributed by atoms with Gasteiger partial charge >= 0.3 is 0 Å². The smallest absolute Gasteiger partial charge is 0.236 e. The van der Waals surface area contributed by atoms with Crippen LogP contribution in [-0.2, 0) is 20.7 Å². The van der Waals surface area contributed by atoms with Crippen molar-refractivity contribution < 1.29 is 18.8 Å². The standard InChI is InChI=1S/C14H21N3O4/c1-10-15-12(21-16-10)6-13(18)17-5-3-4-14(9-17)7-11(19-2)8-20-14/h11H,3-9H2,1-2H3/t11-,14+/m0/s1. The maximum Gasteiger partial charge on any atom is 0.236 e. The zero-order chi connectivity index (χ0) is 14.9. The third-order valence-electron chi connectivity index (χ3n) is 4.27. The summed E-state index contributed by atoms with van der Waals surface area (Å²) in [5.41, 5.74) is -0.237. The Bertz CT molecular complexity index is 518. The van der Waals surface area contributed by atoms with E-state index in [0.717, 1.165) is 25.8 Å². The molecule has 3 heterocycles. The molecule has 0 radical (unpaired) electrons. The number of rotatable bonds is 3. The number of hydrogen-bond donors (Lipinski definition) is 0. The molecular formula is C14H21N3O4. The Hall–Kier alpha value is -1.47. The summed E-state index contributed by atoms with van der Waals surface area (Å²) in [6.07, 6.45) is 3.08. The number of amides is 1. The zero-order valence-electron chi connectivity index (χ0n) is 12.5. The highest BCUT2D eigenvalue weighted by Gasteiger charge is 2.44. The monoisotopic (exact) mass is 295 g/mol. The second-order valence-electron chi connectivity index (χ2n) is 5.89. The van der Waals surface area contributed by atoms with Crippen LogP contribution in [0.5, 0.6) is 0 Å². The summed E-state index contributed by atoms with van der Waals surface area (Å²) in [6, 6.07) is 0. The Labute approximate surface area is 123 Å². The lowest BCUT2D eigenvalue weighted by molar-refractivity contribution is -0.138. The van der Waals surface area contributed by atoms with Gasteiger partial charge in [-0.2, -0.15) is 4.98 Å². The van der Waals surface area contributed by atoms with E-state index in [2.05, 4.69) is 10.1 Å². The highest BCUT2D eigenvalue weighted by Crippen LogP contribution is 2.35.